The van der Waals surface area contributed by atoms with Crippen LogP contribution in [0.4, 0.5) is 0 Å². The Hall–Kier alpha value is -6.45. The molecule has 1 unspecified atom stereocenters. The fourth-order valence-corrected chi connectivity index (χ4v) is 6.86. The van der Waals surface area contributed by atoms with E-state index in [0.29, 0.717) is 61.9 Å². The van der Waals surface area contributed by atoms with Gasteiger partial charge < -0.3 is 24.8 Å². The van der Waals surface area contributed by atoms with E-state index in [9.17, 15) is 24.0 Å². The molecule has 4 aromatic carbocycles. The van der Waals surface area contributed by atoms with Gasteiger partial charge in [0.2, 0.25) is 17.7 Å². The second-order valence-corrected chi connectivity index (χ2v) is 13.4. The van der Waals surface area contributed by atoms with Gasteiger partial charge in [-0.2, -0.15) is 0 Å². The van der Waals surface area contributed by atoms with Gasteiger partial charge in [0, 0.05) is 56.6 Å². The summed E-state index contributed by atoms with van der Waals surface area (Å²) in [5.74, 6) is 5.42. The van der Waals surface area contributed by atoms with Crippen molar-refractivity contribution in [3.63, 3.8) is 0 Å². The highest BCUT2D eigenvalue weighted by atomic mass is 16.5. The minimum Gasteiger partial charge on any atom is -0.496 e. The van der Waals surface area contributed by atoms with Crippen molar-refractivity contribution in [3.05, 3.63) is 112 Å². The Labute approximate surface area is 325 Å². The standard InChI is InChI=1S/C44H44N4O8/c1-28-31(16-11-17-33(28)29-12-6-4-7-13-29)27-56-32-24-37(54-2)35(38(25-32)55-3)26-45-22-23-46-39(49)19-9-5-8-14-30-15-10-18-34-41(30)44(53)48(43(34)52)36-20-21-40(50)47-42(36)51/h4,6-7,10-13,15-18,24-25,36,45H,5,9,19-23,26-27H2,1-3H3,(H,46,49)(H,47,50,51). The van der Waals surface area contributed by atoms with Crippen LogP contribution in [0.1, 0.15) is 75.1 Å². The number of nitrogens with zero attached hydrogens (tertiary/aromatic N) is 1. The molecule has 0 bridgehead atoms. The summed E-state index contributed by atoms with van der Waals surface area (Å²) in [6.45, 7) is 3.85. The summed E-state index contributed by atoms with van der Waals surface area (Å²) >= 11 is 0. The molecule has 288 valence electrons. The Balaban J connectivity index is 0.942. The lowest BCUT2D eigenvalue weighted by molar-refractivity contribution is -0.136. The van der Waals surface area contributed by atoms with Crippen LogP contribution >= 0.6 is 0 Å². The van der Waals surface area contributed by atoms with Crippen LogP contribution in [0.15, 0.2) is 78.9 Å². The van der Waals surface area contributed by atoms with Gasteiger partial charge in [-0.25, -0.2) is 0 Å². The molecule has 2 heterocycles. The number of fused-ring (bicyclic) bond motifs is 1. The van der Waals surface area contributed by atoms with Crippen molar-refractivity contribution in [2.45, 2.75) is 58.2 Å². The molecule has 0 radical (unpaired) electrons. The third kappa shape index (κ3) is 8.91. The molecule has 4 aromatic rings. The van der Waals surface area contributed by atoms with Crippen LogP contribution in [-0.4, -0.2) is 67.8 Å². The van der Waals surface area contributed by atoms with Gasteiger partial charge in [0.15, 0.2) is 0 Å². The number of unbranched alkanes of at least 4 members (excludes halogenated alkanes) is 1. The fraction of sp³-hybridized carbons (Fsp3) is 0.295. The van der Waals surface area contributed by atoms with E-state index in [1.165, 1.54) is 11.6 Å². The topological polar surface area (TPSA) is 152 Å². The molecule has 0 aromatic heterocycles. The first kappa shape index (κ1) is 39.2. The number of rotatable bonds is 15. The third-order valence-electron chi connectivity index (χ3n) is 9.83. The molecule has 56 heavy (non-hydrogen) atoms. The summed E-state index contributed by atoms with van der Waals surface area (Å²) in [7, 11) is 3.20. The van der Waals surface area contributed by atoms with Gasteiger partial charge in [0.1, 0.15) is 29.9 Å². The molecular weight excluding hydrogens is 713 g/mol. The number of carbonyl (C=O) groups excluding carboxylic acids is 5. The van der Waals surface area contributed by atoms with E-state index in [0.717, 1.165) is 27.2 Å². The number of hydrogen-bond donors (Lipinski definition) is 3. The van der Waals surface area contributed by atoms with Crippen molar-refractivity contribution in [3.8, 4) is 40.2 Å². The van der Waals surface area contributed by atoms with Gasteiger partial charge in [-0.3, -0.25) is 34.2 Å². The summed E-state index contributed by atoms with van der Waals surface area (Å²) < 4.78 is 17.6. The van der Waals surface area contributed by atoms with Gasteiger partial charge >= 0.3 is 0 Å². The molecular formula is C44H44N4O8. The van der Waals surface area contributed by atoms with Crippen molar-refractivity contribution >= 4 is 29.5 Å². The predicted octanol–water partition coefficient (Wildman–Crippen LogP) is 5.09. The summed E-state index contributed by atoms with van der Waals surface area (Å²) in [5, 5.41) is 8.44. The van der Waals surface area contributed by atoms with E-state index in [-0.39, 0.29) is 36.3 Å². The Morgan fingerprint density at radius 2 is 1.62 bits per heavy atom. The largest absolute Gasteiger partial charge is 0.496 e. The average Bonchev–Trinajstić information content (AvgIpc) is 3.46. The molecule has 2 aliphatic heterocycles. The minimum atomic E-state index is -1.04. The Morgan fingerprint density at radius 3 is 2.36 bits per heavy atom. The van der Waals surface area contributed by atoms with Gasteiger partial charge in [0.05, 0.1) is 30.9 Å². The molecule has 2 aliphatic rings. The second-order valence-electron chi connectivity index (χ2n) is 13.4. The first-order valence-electron chi connectivity index (χ1n) is 18.5. The molecule has 6 rings (SSSR count). The predicted molar refractivity (Wildman–Crippen MR) is 209 cm³/mol. The van der Waals surface area contributed by atoms with Crippen LogP contribution < -0.4 is 30.2 Å². The van der Waals surface area contributed by atoms with Crippen LogP contribution in [0.5, 0.6) is 17.2 Å². The molecule has 12 nitrogen and oxygen atoms in total. The number of nitrogens with one attached hydrogen (secondary N) is 3. The molecule has 0 saturated carbocycles. The first-order chi connectivity index (χ1) is 27.2. The van der Waals surface area contributed by atoms with Crippen molar-refractivity contribution < 1.29 is 38.2 Å². The Morgan fingerprint density at radius 1 is 0.893 bits per heavy atom. The maximum atomic E-state index is 13.3. The lowest BCUT2D eigenvalue weighted by atomic mass is 9.97. The van der Waals surface area contributed by atoms with Crippen LogP contribution in [-0.2, 0) is 27.5 Å². The Kier molecular flexibility index (Phi) is 12.8. The summed E-state index contributed by atoms with van der Waals surface area (Å²) in [5.41, 5.74) is 6.09. The minimum absolute atomic E-state index is 0.0447. The molecule has 0 aliphatic carbocycles. The molecule has 1 fully saturated rings. The number of carbonyl (C=O) groups is 5. The Bertz CT molecular complexity index is 2180. The van der Waals surface area contributed by atoms with Gasteiger partial charge in [-0.1, -0.05) is 66.4 Å². The SMILES string of the molecule is COc1cc(OCc2cccc(-c3ccccc3)c2C)cc(OC)c1CNCCNC(=O)CCCC#Cc1cccc2c1C(=O)N(C1CCC(=O)NC1=O)C2=O. The number of benzene rings is 4. The van der Waals surface area contributed by atoms with E-state index in [1.54, 1.807) is 26.4 Å². The van der Waals surface area contributed by atoms with Crippen LogP contribution in [0.2, 0.25) is 0 Å². The highest BCUT2D eigenvalue weighted by Gasteiger charge is 2.45. The highest BCUT2D eigenvalue weighted by Crippen LogP contribution is 2.35. The van der Waals surface area contributed by atoms with Gasteiger partial charge in [0.25, 0.3) is 11.8 Å². The highest BCUT2D eigenvalue weighted by molar-refractivity contribution is 6.24. The lowest BCUT2D eigenvalue weighted by Gasteiger charge is -2.27. The zero-order valence-corrected chi connectivity index (χ0v) is 31.7. The van der Waals surface area contributed by atoms with Gasteiger partial charge in [-0.15, -0.1) is 0 Å². The molecule has 1 saturated heterocycles. The number of methoxy groups -OCH3 is 2. The quantitative estimate of drug-likeness (QED) is 0.0857. The average molecular weight is 757 g/mol. The smallest absolute Gasteiger partial charge is 0.263 e. The van der Waals surface area contributed by atoms with Crippen LogP contribution in [0.3, 0.4) is 0 Å². The zero-order chi connectivity index (χ0) is 39.6. The second kappa shape index (κ2) is 18.3. The number of piperidine rings is 1. The van der Waals surface area contributed by atoms with Crippen molar-refractivity contribution in [2.24, 2.45) is 0 Å². The number of ether oxygens (including phenoxy) is 3. The van der Waals surface area contributed by atoms with Crippen molar-refractivity contribution in [1.29, 1.82) is 0 Å². The molecule has 1 atom stereocenters. The van der Waals surface area contributed by atoms with Crippen molar-refractivity contribution in [2.75, 3.05) is 27.3 Å². The maximum absolute atomic E-state index is 13.3. The molecule has 3 N–H and O–H groups in total. The zero-order valence-electron chi connectivity index (χ0n) is 31.7. The van der Waals surface area contributed by atoms with E-state index in [2.05, 4.69) is 59.0 Å². The normalized spacial score (nSPS) is 14.8. The van der Waals surface area contributed by atoms with Crippen LogP contribution in [0.25, 0.3) is 11.1 Å². The summed E-state index contributed by atoms with van der Waals surface area (Å²) in [4.78, 5) is 63.7. The van der Waals surface area contributed by atoms with Crippen LogP contribution in [0, 0.1) is 18.8 Å². The van der Waals surface area contributed by atoms with Crippen molar-refractivity contribution in [1.82, 2.24) is 20.9 Å². The first-order valence-corrected chi connectivity index (χ1v) is 18.5. The van der Waals surface area contributed by atoms with E-state index in [4.69, 9.17) is 14.2 Å². The van der Waals surface area contributed by atoms with E-state index < -0.39 is 29.7 Å². The number of amides is 5. The van der Waals surface area contributed by atoms with E-state index >= 15 is 0 Å². The summed E-state index contributed by atoms with van der Waals surface area (Å²) in [6.07, 6.45) is 1.28. The molecule has 12 heteroatoms. The maximum Gasteiger partial charge on any atom is 0.263 e. The van der Waals surface area contributed by atoms with Gasteiger partial charge in [-0.05, 0) is 54.2 Å². The lowest BCUT2D eigenvalue weighted by Crippen LogP contribution is -2.54. The summed E-state index contributed by atoms with van der Waals surface area (Å²) in [6, 6.07) is 23.9. The van der Waals surface area contributed by atoms with E-state index in [1.807, 2.05) is 36.4 Å². The monoisotopic (exact) mass is 756 g/mol. The molecule has 5 amide bonds. The fourth-order valence-electron chi connectivity index (χ4n) is 6.86. The third-order valence-corrected chi connectivity index (χ3v) is 9.83. The molecule has 0 spiro atoms. The number of hydrogen-bond acceptors (Lipinski definition) is 9. The number of imide groups is 2.